The highest BCUT2D eigenvalue weighted by molar-refractivity contribution is 6.30. The van der Waals surface area contributed by atoms with Gasteiger partial charge in [0.25, 0.3) is 0 Å². The van der Waals surface area contributed by atoms with E-state index < -0.39 is 0 Å². The van der Waals surface area contributed by atoms with Crippen LogP contribution in [0.5, 0.6) is 0 Å². The number of halogens is 1. The molecular formula is C17H19ClN2O. The van der Waals surface area contributed by atoms with Crippen LogP contribution in [0.4, 0.5) is 11.4 Å². The zero-order valence-electron chi connectivity index (χ0n) is 12.5. The minimum Gasteiger partial charge on any atom is -0.381 e. The van der Waals surface area contributed by atoms with Gasteiger partial charge in [-0.15, -0.1) is 0 Å². The summed E-state index contributed by atoms with van der Waals surface area (Å²) in [6, 6.07) is 11.7. The van der Waals surface area contributed by atoms with Gasteiger partial charge in [0.05, 0.1) is 0 Å². The van der Waals surface area contributed by atoms with Gasteiger partial charge in [-0.1, -0.05) is 23.7 Å². The Balaban J connectivity index is 2.13. The van der Waals surface area contributed by atoms with Crippen LogP contribution >= 0.6 is 11.6 Å². The van der Waals surface area contributed by atoms with E-state index in [9.17, 15) is 4.79 Å². The van der Waals surface area contributed by atoms with E-state index in [4.69, 9.17) is 11.6 Å². The Morgan fingerprint density at radius 1 is 1.10 bits per heavy atom. The lowest BCUT2D eigenvalue weighted by Crippen LogP contribution is -2.07. The van der Waals surface area contributed by atoms with E-state index in [1.165, 1.54) is 12.5 Å². The second kappa shape index (κ2) is 6.64. The average Bonchev–Trinajstić information content (AvgIpc) is 2.40. The molecule has 2 aromatic rings. The highest BCUT2D eigenvalue weighted by Crippen LogP contribution is 2.22. The number of benzene rings is 2. The predicted octanol–water partition coefficient (Wildman–Crippen LogP) is 4.53. The molecule has 2 N–H and O–H groups in total. The van der Waals surface area contributed by atoms with Crippen molar-refractivity contribution in [3.63, 3.8) is 0 Å². The van der Waals surface area contributed by atoms with Crippen LogP contribution in [0.2, 0.25) is 5.02 Å². The van der Waals surface area contributed by atoms with Crippen molar-refractivity contribution < 1.29 is 4.79 Å². The SMILES string of the molecule is CC(=O)Nc1ccc(C)c(NCc2ccc(Cl)cc2C)c1. The zero-order chi connectivity index (χ0) is 15.4. The van der Waals surface area contributed by atoms with Crippen LogP contribution in [-0.2, 0) is 11.3 Å². The third kappa shape index (κ3) is 4.23. The van der Waals surface area contributed by atoms with Gasteiger partial charge in [-0.25, -0.2) is 0 Å². The van der Waals surface area contributed by atoms with Crippen LogP contribution in [0.25, 0.3) is 0 Å². The number of hydrogen-bond acceptors (Lipinski definition) is 2. The maximum atomic E-state index is 11.1. The average molecular weight is 303 g/mol. The third-order valence-electron chi connectivity index (χ3n) is 3.33. The minimum atomic E-state index is -0.0710. The summed E-state index contributed by atoms with van der Waals surface area (Å²) in [6.07, 6.45) is 0. The summed E-state index contributed by atoms with van der Waals surface area (Å²) < 4.78 is 0. The first-order valence-corrected chi connectivity index (χ1v) is 7.20. The molecule has 3 nitrogen and oxygen atoms in total. The summed E-state index contributed by atoms with van der Waals surface area (Å²) in [5, 5.41) is 6.95. The quantitative estimate of drug-likeness (QED) is 0.871. The molecule has 0 bridgehead atoms. The van der Waals surface area contributed by atoms with Crippen molar-refractivity contribution in [2.45, 2.75) is 27.3 Å². The highest BCUT2D eigenvalue weighted by atomic mass is 35.5. The Morgan fingerprint density at radius 3 is 2.52 bits per heavy atom. The fourth-order valence-electron chi connectivity index (χ4n) is 2.14. The van der Waals surface area contributed by atoms with Crippen LogP contribution in [0.1, 0.15) is 23.6 Å². The Kier molecular flexibility index (Phi) is 4.86. The maximum Gasteiger partial charge on any atom is 0.221 e. The van der Waals surface area contributed by atoms with E-state index in [0.29, 0.717) is 6.54 Å². The largest absolute Gasteiger partial charge is 0.381 e. The zero-order valence-corrected chi connectivity index (χ0v) is 13.2. The number of carbonyl (C=O) groups is 1. The molecule has 0 aliphatic heterocycles. The van der Waals surface area contributed by atoms with Crippen molar-refractivity contribution in [1.82, 2.24) is 0 Å². The lowest BCUT2D eigenvalue weighted by molar-refractivity contribution is -0.114. The van der Waals surface area contributed by atoms with Crippen LogP contribution in [0.3, 0.4) is 0 Å². The predicted molar refractivity (Wildman–Crippen MR) is 89.0 cm³/mol. The molecule has 0 unspecified atom stereocenters. The summed E-state index contributed by atoms with van der Waals surface area (Å²) in [5.41, 5.74) is 5.30. The monoisotopic (exact) mass is 302 g/mol. The molecule has 110 valence electrons. The molecular weight excluding hydrogens is 284 g/mol. The van der Waals surface area contributed by atoms with E-state index in [2.05, 4.69) is 10.6 Å². The van der Waals surface area contributed by atoms with Gasteiger partial charge in [0.2, 0.25) is 5.91 Å². The first-order chi connectivity index (χ1) is 9.95. The number of anilines is 2. The van der Waals surface area contributed by atoms with Crippen molar-refractivity contribution in [1.29, 1.82) is 0 Å². The second-order valence-corrected chi connectivity index (χ2v) is 5.57. The molecule has 0 spiro atoms. The molecule has 0 heterocycles. The molecule has 2 aromatic carbocycles. The summed E-state index contributed by atoms with van der Waals surface area (Å²) >= 11 is 5.97. The lowest BCUT2D eigenvalue weighted by Gasteiger charge is -2.13. The Morgan fingerprint density at radius 2 is 1.86 bits per heavy atom. The number of nitrogens with one attached hydrogen (secondary N) is 2. The molecule has 0 radical (unpaired) electrons. The summed E-state index contributed by atoms with van der Waals surface area (Å²) in [6.45, 7) is 6.30. The van der Waals surface area contributed by atoms with Gasteiger partial charge < -0.3 is 10.6 Å². The molecule has 0 aliphatic carbocycles. The van der Waals surface area contributed by atoms with Gasteiger partial charge >= 0.3 is 0 Å². The Bertz CT molecular complexity index is 668. The molecule has 1 amide bonds. The number of aryl methyl sites for hydroxylation is 2. The van der Waals surface area contributed by atoms with E-state index in [1.807, 2.05) is 50.2 Å². The normalized spacial score (nSPS) is 10.3. The molecule has 0 aliphatic rings. The molecule has 21 heavy (non-hydrogen) atoms. The summed E-state index contributed by atoms with van der Waals surface area (Å²) in [5.74, 6) is -0.0710. The fraction of sp³-hybridized carbons (Fsp3) is 0.235. The van der Waals surface area contributed by atoms with Crippen molar-refractivity contribution >= 4 is 28.9 Å². The summed E-state index contributed by atoms with van der Waals surface area (Å²) in [4.78, 5) is 11.1. The number of hydrogen-bond donors (Lipinski definition) is 2. The van der Waals surface area contributed by atoms with E-state index in [0.717, 1.165) is 27.5 Å². The fourth-order valence-corrected chi connectivity index (χ4v) is 2.37. The smallest absolute Gasteiger partial charge is 0.221 e. The van der Waals surface area contributed by atoms with Crippen molar-refractivity contribution in [3.05, 3.63) is 58.1 Å². The standard InChI is InChI=1S/C17H19ClN2O/c1-11-4-7-16(20-13(3)21)9-17(11)19-10-14-5-6-15(18)8-12(14)2/h4-9,19H,10H2,1-3H3,(H,20,21). The van der Waals surface area contributed by atoms with Crippen molar-refractivity contribution in [3.8, 4) is 0 Å². The second-order valence-electron chi connectivity index (χ2n) is 5.14. The molecule has 0 fully saturated rings. The van der Waals surface area contributed by atoms with Gasteiger partial charge in [0, 0.05) is 29.9 Å². The van der Waals surface area contributed by atoms with E-state index >= 15 is 0 Å². The maximum absolute atomic E-state index is 11.1. The third-order valence-corrected chi connectivity index (χ3v) is 3.57. The van der Waals surface area contributed by atoms with Gasteiger partial charge in [-0.2, -0.15) is 0 Å². The number of carbonyl (C=O) groups excluding carboxylic acids is 1. The molecule has 4 heteroatoms. The number of rotatable bonds is 4. The van der Waals surface area contributed by atoms with Crippen LogP contribution in [0.15, 0.2) is 36.4 Å². The van der Waals surface area contributed by atoms with Gasteiger partial charge in [-0.3, -0.25) is 4.79 Å². The van der Waals surface area contributed by atoms with E-state index in [1.54, 1.807) is 0 Å². The van der Waals surface area contributed by atoms with E-state index in [-0.39, 0.29) is 5.91 Å². The summed E-state index contributed by atoms with van der Waals surface area (Å²) in [7, 11) is 0. The van der Waals surface area contributed by atoms with Gasteiger partial charge in [0.1, 0.15) is 0 Å². The molecule has 0 aromatic heterocycles. The van der Waals surface area contributed by atoms with Gasteiger partial charge in [-0.05, 0) is 54.8 Å². The molecule has 0 saturated heterocycles. The first-order valence-electron chi connectivity index (χ1n) is 6.83. The number of amides is 1. The van der Waals surface area contributed by atoms with Crippen molar-refractivity contribution in [2.75, 3.05) is 10.6 Å². The Hall–Kier alpha value is -2.00. The highest BCUT2D eigenvalue weighted by Gasteiger charge is 2.04. The van der Waals surface area contributed by atoms with Crippen LogP contribution < -0.4 is 10.6 Å². The first kappa shape index (κ1) is 15.4. The molecule has 0 atom stereocenters. The molecule has 0 saturated carbocycles. The van der Waals surface area contributed by atoms with Gasteiger partial charge in [0.15, 0.2) is 0 Å². The van der Waals surface area contributed by atoms with Crippen LogP contribution in [0, 0.1) is 13.8 Å². The van der Waals surface area contributed by atoms with Crippen LogP contribution in [-0.4, -0.2) is 5.91 Å². The minimum absolute atomic E-state index is 0.0710. The van der Waals surface area contributed by atoms with Crippen molar-refractivity contribution in [2.24, 2.45) is 0 Å². The lowest BCUT2D eigenvalue weighted by atomic mass is 10.1. The Labute approximate surface area is 130 Å². The molecule has 2 rings (SSSR count). The topological polar surface area (TPSA) is 41.1 Å².